The number of nitrogens with one attached hydrogen (secondary N) is 1. The first-order valence-electron chi connectivity index (χ1n) is 6.80. The lowest BCUT2D eigenvalue weighted by Gasteiger charge is -2.18. The van der Waals surface area contributed by atoms with E-state index in [1.165, 1.54) is 5.56 Å². The summed E-state index contributed by atoms with van der Waals surface area (Å²) in [5.41, 5.74) is 0.594. The van der Waals surface area contributed by atoms with Crippen molar-refractivity contribution < 1.29 is 9.90 Å². The molecule has 1 aromatic rings. The summed E-state index contributed by atoms with van der Waals surface area (Å²) in [6, 6.07) is 10.1. The van der Waals surface area contributed by atoms with Crippen LogP contribution in [0.15, 0.2) is 30.3 Å². The Morgan fingerprint density at radius 2 is 2.16 bits per heavy atom. The Bertz CT molecular complexity index is 417. The van der Waals surface area contributed by atoms with Crippen LogP contribution in [0, 0.1) is 0 Å². The van der Waals surface area contributed by atoms with E-state index in [4.69, 9.17) is 0 Å². The second-order valence-corrected chi connectivity index (χ2v) is 5.54. The van der Waals surface area contributed by atoms with Crippen molar-refractivity contribution in [2.45, 2.75) is 25.4 Å². The second-order valence-electron chi connectivity index (χ2n) is 5.54. The molecule has 1 aliphatic heterocycles. The molecule has 0 radical (unpaired) electrons. The van der Waals surface area contributed by atoms with E-state index in [-0.39, 0.29) is 5.91 Å². The maximum atomic E-state index is 11.8. The Kier molecular flexibility index (Phi) is 4.56. The predicted molar refractivity (Wildman–Crippen MR) is 74.8 cm³/mol. The van der Waals surface area contributed by atoms with Gasteiger partial charge in [-0.1, -0.05) is 30.3 Å². The summed E-state index contributed by atoms with van der Waals surface area (Å²) in [6.45, 7) is 4.23. The molecule has 1 fully saturated rings. The molecule has 104 valence electrons. The largest absolute Gasteiger partial charge is 0.389 e. The van der Waals surface area contributed by atoms with Crippen LogP contribution in [0.1, 0.15) is 18.9 Å². The molecule has 0 aromatic heterocycles. The van der Waals surface area contributed by atoms with Crippen molar-refractivity contribution in [2.24, 2.45) is 0 Å². The van der Waals surface area contributed by atoms with Crippen LogP contribution in [-0.2, 0) is 11.2 Å². The van der Waals surface area contributed by atoms with Crippen LogP contribution in [0.4, 0.5) is 0 Å². The van der Waals surface area contributed by atoms with Gasteiger partial charge in [0.15, 0.2) is 0 Å². The van der Waals surface area contributed by atoms with Gasteiger partial charge in [-0.15, -0.1) is 0 Å². The van der Waals surface area contributed by atoms with Crippen LogP contribution in [0.2, 0.25) is 0 Å². The number of aliphatic hydroxyl groups is 1. The fourth-order valence-electron chi connectivity index (χ4n) is 2.42. The van der Waals surface area contributed by atoms with Crippen LogP contribution >= 0.6 is 0 Å². The lowest BCUT2D eigenvalue weighted by Crippen LogP contribution is -2.38. The Morgan fingerprint density at radius 3 is 2.79 bits per heavy atom. The molecule has 1 aromatic carbocycles. The van der Waals surface area contributed by atoms with Crippen molar-refractivity contribution in [2.75, 3.05) is 26.2 Å². The van der Waals surface area contributed by atoms with Crippen LogP contribution in [0.5, 0.6) is 0 Å². The van der Waals surface area contributed by atoms with E-state index in [2.05, 4.69) is 17.4 Å². The highest BCUT2D eigenvalue weighted by Crippen LogP contribution is 2.19. The summed E-state index contributed by atoms with van der Waals surface area (Å²) in [4.78, 5) is 13.8. The average Bonchev–Trinajstić information content (AvgIpc) is 2.70. The fourth-order valence-corrected chi connectivity index (χ4v) is 2.42. The smallest absolute Gasteiger partial charge is 0.234 e. The monoisotopic (exact) mass is 262 g/mol. The summed E-state index contributed by atoms with van der Waals surface area (Å²) < 4.78 is 0. The van der Waals surface area contributed by atoms with Crippen molar-refractivity contribution in [3.05, 3.63) is 35.9 Å². The van der Waals surface area contributed by atoms with Crippen molar-refractivity contribution in [3.8, 4) is 0 Å². The number of carbonyl (C=O) groups excluding carboxylic acids is 1. The quantitative estimate of drug-likeness (QED) is 0.825. The topological polar surface area (TPSA) is 52.6 Å². The van der Waals surface area contributed by atoms with E-state index in [1.807, 2.05) is 30.0 Å². The SMILES string of the molecule is CC1(O)CCN(CC(=O)NCCc2ccccc2)C1. The number of β-amino-alcohol motifs (C(OH)–C–C–N with tert-alkyl or cyclic N) is 1. The molecule has 0 saturated carbocycles. The highest BCUT2D eigenvalue weighted by molar-refractivity contribution is 5.78. The molecule has 0 spiro atoms. The maximum Gasteiger partial charge on any atom is 0.234 e. The van der Waals surface area contributed by atoms with Gasteiger partial charge in [-0.05, 0) is 25.3 Å². The van der Waals surface area contributed by atoms with E-state index in [0.29, 0.717) is 19.6 Å². The molecule has 1 amide bonds. The summed E-state index contributed by atoms with van der Waals surface area (Å²) in [6.07, 6.45) is 1.59. The first kappa shape index (κ1) is 14.0. The van der Waals surface area contributed by atoms with E-state index >= 15 is 0 Å². The number of carbonyl (C=O) groups is 1. The standard InChI is InChI=1S/C15H22N2O2/c1-15(19)8-10-17(12-15)11-14(18)16-9-7-13-5-3-2-4-6-13/h2-6,19H,7-12H2,1H3,(H,16,18). The molecule has 4 nitrogen and oxygen atoms in total. The number of benzene rings is 1. The third kappa shape index (κ3) is 4.65. The van der Waals surface area contributed by atoms with Gasteiger partial charge in [0.1, 0.15) is 0 Å². The van der Waals surface area contributed by atoms with Gasteiger partial charge in [0.05, 0.1) is 12.1 Å². The van der Waals surface area contributed by atoms with Gasteiger partial charge < -0.3 is 10.4 Å². The molecular weight excluding hydrogens is 240 g/mol. The lowest BCUT2D eigenvalue weighted by molar-refractivity contribution is -0.122. The van der Waals surface area contributed by atoms with E-state index in [0.717, 1.165) is 19.4 Å². The number of amides is 1. The van der Waals surface area contributed by atoms with Crippen molar-refractivity contribution in [3.63, 3.8) is 0 Å². The van der Waals surface area contributed by atoms with E-state index in [1.54, 1.807) is 0 Å². The van der Waals surface area contributed by atoms with Crippen molar-refractivity contribution in [1.82, 2.24) is 10.2 Å². The summed E-state index contributed by atoms with van der Waals surface area (Å²) >= 11 is 0. The van der Waals surface area contributed by atoms with Crippen LogP contribution in [0.25, 0.3) is 0 Å². The third-order valence-electron chi connectivity index (χ3n) is 3.48. The highest BCUT2D eigenvalue weighted by atomic mass is 16.3. The van der Waals surface area contributed by atoms with E-state index < -0.39 is 5.60 Å². The van der Waals surface area contributed by atoms with Crippen LogP contribution in [-0.4, -0.2) is 47.7 Å². The minimum Gasteiger partial charge on any atom is -0.389 e. The minimum absolute atomic E-state index is 0.0358. The predicted octanol–water partition coefficient (Wildman–Crippen LogP) is 0.802. The Labute approximate surface area is 114 Å². The molecule has 2 rings (SSSR count). The molecule has 0 bridgehead atoms. The normalized spacial score (nSPS) is 23.5. The Hall–Kier alpha value is -1.39. The summed E-state index contributed by atoms with van der Waals surface area (Å²) in [7, 11) is 0. The van der Waals surface area contributed by atoms with Crippen LogP contribution < -0.4 is 5.32 Å². The van der Waals surface area contributed by atoms with Gasteiger partial charge >= 0.3 is 0 Å². The zero-order valence-corrected chi connectivity index (χ0v) is 11.4. The molecule has 1 saturated heterocycles. The molecule has 4 heteroatoms. The van der Waals surface area contributed by atoms with Crippen molar-refractivity contribution >= 4 is 5.91 Å². The molecular formula is C15H22N2O2. The minimum atomic E-state index is -0.635. The molecule has 0 aliphatic carbocycles. The molecule has 1 unspecified atom stereocenters. The summed E-state index contributed by atoms with van der Waals surface area (Å²) in [5.74, 6) is 0.0358. The second kappa shape index (κ2) is 6.17. The van der Waals surface area contributed by atoms with E-state index in [9.17, 15) is 9.90 Å². The van der Waals surface area contributed by atoms with Gasteiger partial charge in [-0.25, -0.2) is 0 Å². The third-order valence-corrected chi connectivity index (χ3v) is 3.48. The molecule has 19 heavy (non-hydrogen) atoms. The summed E-state index contributed by atoms with van der Waals surface area (Å²) in [5, 5.41) is 12.8. The molecule has 1 aliphatic rings. The number of rotatable bonds is 5. The number of nitrogens with zero attached hydrogens (tertiary/aromatic N) is 1. The Balaban J connectivity index is 1.65. The zero-order valence-electron chi connectivity index (χ0n) is 11.4. The van der Waals surface area contributed by atoms with Crippen LogP contribution in [0.3, 0.4) is 0 Å². The fraction of sp³-hybridized carbons (Fsp3) is 0.533. The van der Waals surface area contributed by atoms with Gasteiger partial charge in [0, 0.05) is 19.6 Å². The molecule has 2 N–H and O–H groups in total. The average molecular weight is 262 g/mol. The zero-order chi connectivity index (χ0) is 13.7. The molecule has 1 atom stereocenters. The first-order chi connectivity index (χ1) is 9.05. The molecule has 1 heterocycles. The number of hydrogen-bond acceptors (Lipinski definition) is 3. The van der Waals surface area contributed by atoms with Gasteiger partial charge in [0.25, 0.3) is 0 Å². The van der Waals surface area contributed by atoms with Gasteiger partial charge in [-0.2, -0.15) is 0 Å². The Morgan fingerprint density at radius 1 is 1.42 bits per heavy atom. The van der Waals surface area contributed by atoms with Gasteiger partial charge in [-0.3, -0.25) is 9.69 Å². The number of likely N-dealkylation sites (tertiary alicyclic amines) is 1. The number of hydrogen-bond donors (Lipinski definition) is 2. The lowest BCUT2D eigenvalue weighted by atomic mass is 10.1. The van der Waals surface area contributed by atoms with Crippen molar-refractivity contribution in [1.29, 1.82) is 0 Å². The first-order valence-corrected chi connectivity index (χ1v) is 6.80. The maximum absolute atomic E-state index is 11.8. The van der Waals surface area contributed by atoms with Gasteiger partial charge in [0.2, 0.25) is 5.91 Å². The highest BCUT2D eigenvalue weighted by Gasteiger charge is 2.31.